The van der Waals surface area contributed by atoms with Gasteiger partial charge in [0.1, 0.15) is 6.07 Å². The molecule has 0 saturated carbocycles. The molecule has 0 bridgehead atoms. The number of hydrogen-bond acceptors (Lipinski definition) is 6. The Bertz CT molecular complexity index is 663. The van der Waals surface area contributed by atoms with E-state index >= 15 is 0 Å². The van der Waals surface area contributed by atoms with Gasteiger partial charge in [-0.2, -0.15) is 5.26 Å². The molecule has 7 nitrogen and oxygen atoms in total. The van der Waals surface area contributed by atoms with Crippen molar-refractivity contribution in [1.29, 1.82) is 5.26 Å². The van der Waals surface area contributed by atoms with Crippen LogP contribution in [-0.4, -0.2) is 23.0 Å². The number of non-ortho nitro benzene ring substituents is 1. The Morgan fingerprint density at radius 2 is 2.33 bits per heavy atom. The van der Waals surface area contributed by atoms with E-state index < -0.39 is 16.4 Å². The molecule has 1 aliphatic rings. The molecule has 1 aromatic carbocycles. The molecule has 1 aliphatic heterocycles. The fraction of sp³-hybridized carbons (Fsp3) is 0.286. The van der Waals surface area contributed by atoms with Crippen LogP contribution in [0, 0.1) is 21.4 Å². The van der Waals surface area contributed by atoms with Gasteiger partial charge in [0.05, 0.1) is 11.5 Å². The summed E-state index contributed by atoms with van der Waals surface area (Å²) in [5.74, 6) is -0.688. The van der Waals surface area contributed by atoms with Gasteiger partial charge in [0.2, 0.25) is 5.54 Å². The van der Waals surface area contributed by atoms with Gasteiger partial charge in [-0.05, 0) is 18.6 Å². The number of rotatable bonds is 4. The molecular weight excluding hydrogens is 274 g/mol. The molecule has 21 heavy (non-hydrogen) atoms. The molecule has 0 amide bonds. The van der Waals surface area contributed by atoms with Crippen molar-refractivity contribution in [2.24, 2.45) is 0 Å². The van der Waals surface area contributed by atoms with Crippen molar-refractivity contribution in [3.05, 3.63) is 40.0 Å². The van der Waals surface area contributed by atoms with Crippen molar-refractivity contribution >= 4 is 23.4 Å². The van der Waals surface area contributed by atoms with E-state index in [0.717, 1.165) is 0 Å². The second kappa shape index (κ2) is 5.63. The Hall–Kier alpha value is -2.88. The van der Waals surface area contributed by atoms with Crippen LogP contribution in [0.25, 0.3) is 6.08 Å². The highest BCUT2D eigenvalue weighted by Crippen LogP contribution is 2.31. The number of nitrogens with zero attached hydrogens (tertiary/aromatic N) is 2. The third-order valence-electron chi connectivity index (χ3n) is 3.03. The Morgan fingerprint density at radius 1 is 1.57 bits per heavy atom. The number of carbonyl (C=O) groups is 1. The second-order valence-corrected chi connectivity index (χ2v) is 4.54. The number of nitriles is 1. The molecule has 1 heterocycles. The van der Waals surface area contributed by atoms with Crippen LogP contribution in [0.5, 0.6) is 0 Å². The van der Waals surface area contributed by atoms with E-state index in [0.29, 0.717) is 17.7 Å². The fourth-order valence-corrected chi connectivity index (χ4v) is 1.92. The van der Waals surface area contributed by atoms with Crippen molar-refractivity contribution < 1.29 is 14.5 Å². The smallest absolute Gasteiger partial charge is 0.351 e. The summed E-state index contributed by atoms with van der Waals surface area (Å²) in [5.41, 5.74) is -0.645. The normalized spacial score (nSPS) is 19.0. The van der Waals surface area contributed by atoms with Gasteiger partial charge < -0.3 is 10.1 Å². The van der Waals surface area contributed by atoms with E-state index in [1.807, 2.05) is 13.0 Å². The van der Waals surface area contributed by atoms with Crippen LogP contribution in [0.1, 0.15) is 18.9 Å². The number of esters is 1. The molecule has 7 heteroatoms. The molecule has 0 saturated heterocycles. The van der Waals surface area contributed by atoms with Crippen LogP contribution in [0.4, 0.5) is 11.4 Å². The Labute approximate surface area is 121 Å². The van der Waals surface area contributed by atoms with Gasteiger partial charge in [-0.25, -0.2) is 4.79 Å². The third-order valence-corrected chi connectivity index (χ3v) is 3.03. The molecule has 108 valence electrons. The average molecular weight is 287 g/mol. The summed E-state index contributed by atoms with van der Waals surface area (Å²) >= 11 is 0. The molecule has 1 N–H and O–H groups in total. The van der Waals surface area contributed by atoms with Gasteiger partial charge in [0, 0.05) is 23.4 Å². The number of nitrogens with one attached hydrogen (secondary N) is 1. The number of nitro groups is 1. The van der Waals surface area contributed by atoms with E-state index in [9.17, 15) is 20.2 Å². The average Bonchev–Trinajstić information content (AvgIpc) is 2.51. The molecule has 0 radical (unpaired) electrons. The highest BCUT2D eigenvalue weighted by atomic mass is 16.6. The maximum absolute atomic E-state index is 12.0. The molecule has 1 unspecified atom stereocenters. The summed E-state index contributed by atoms with van der Waals surface area (Å²) in [6, 6.07) is 6.05. The summed E-state index contributed by atoms with van der Waals surface area (Å²) in [7, 11) is 0. The van der Waals surface area contributed by atoms with Gasteiger partial charge in [-0.3, -0.25) is 10.1 Å². The standard InChI is InChI=1S/C14H13N3O4/c1-2-7-21-13(18)14(9-15)6-5-10-8-11(17(19)20)3-4-12(10)16-14/h3-6,8,16H,2,7H2,1H3. The zero-order valence-electron chi connectivity index (χ0n) is 11.3. The largest absolute Gasteiger partial charge is 0.463 e. The Kier molecular flexibility index (Phi) is 3.89. The predicted molar refractivity (Wildman–Crippen MR) is 75.3 cm³/mol. The summed E-state index contributed by atoms with van der Waals surface area (Å²) in [5, 5.41) is 22.8. The molecule has 0 aliphatic carbocycles. The van der Waals surface area contributed by atoms with Crippen molar-refractivity contribution in [3.8, 4) is 6.07 Å². The number of ether oxygens (including phenoxy) is 1. The molecule has 1 atom stereocenters. The fourth-order valence-electron chi connectivity index (χ4n) is 1.92. The number of nitro benzene ring substituents is 1. The number of carbonyl (C=O) groups excluding carboxylic acids is 1. The predicted octanol–water partition coefficient (Wildman–Crippen LogP) is 2.25. The van der Waals surface area contributed by atoms with Gasteiger partial charge in [-0.15, -0.1) is 0 Å². The molecule has 0 aromatic heterocycles. The van der Waals surface area contributed by atoms with Crippen LogP contribution < -0.4 is 5.32 Å². The number of anilines is 1. The van der Waals surface area contributed by atoms with E-state index in [2.05, 4.69) is 5.32 Å². The van der Waals surface area contributed by atoms with Crippen LogP contribution in [0.3, 0.4) is 0 Å². The third kappa shape index (κ3) is 2.69. The first-order valence-electron chi connectivity index (χ1n) is 6.37. The van der Waals surface area contributed by atoms with Gasteiger partial charge in [0.15, 0.2) is 0 Å². The highest BCUT2D eigenvalue weighted by Gasteiger charge is 2.40. The highest BCUT2D eigenvalue weighted by molar-refractivity contribution is 5.95. The zero-order valence-corrected chi connectivity index (χ0v) is 11.3. The van der Waals surface area contributed by atoms with E-state index in [1.54, 1.807) is 0 Å². The number of hydrogen-bond donors (Lipinski definition) is 1. The summed E-state index contributed by atoms with van der Waals surface area (Å²) in [6.07, 6.45) is 3.52. The maximum atomic E-state index is 12.0. The van der Waals surface area contributed by atoms with Crippen LogP contribution in [-0.2, 0) is 9.53 Å². The lowest BCUT2D eigenvalue weighted by Crippen LogP contribution is -2.46. The minimum atomic E-state index is -1.60. The van der Waals surface area contributed by atoms with E-state index in [-0.39, 0.29) is 12.3 Å². The zero-order chi connectivity index (χ0) is 15.5. The van der Waals surface area contributed by atoms with Crippen molar-refractivity contribution in [2.75, 3.05) is 11.9 Å². The first-order valence-corrected chi connectivity index (χ1v) is 6.37. The quantitative estimate of drug-likeness (QED) is 0.517. The number of fused-ring (bicyclic) bond motifs is 1. The maximum Gasteiger partial charge on any atom is 0.351 e. The van der Waals surface area contributed by atoms with Crippen LogP contribution in [0.2, 0.25) is 0 Å². The lowest BCUT2D eigenvalue weighted by molar-refractivity contribution is -0.384. The van der Waals surface area contributed by atoms with Gasteiger partial charge in [-0.1, -0.05) is 13.0 Å². The molecule has 0 spiro atoms. The lowest BCUT2D eigenvalue weighted by Gasteiger charge is -2.27. The molecule has 0 fully saturated rings. The first kappa shape index (κ1) is 14.5. The van der Waals surface area contributed by atoms with Crippen molar-refractivity contribution in [1.82, 2.24) is 0 Å². The van der Waals surface area contributed by atoms with E-state index in [4.69, 9.17) is 4.74 Å². The minimum Gasteiger partial charge on any atom is -0.463 e. The minimum absolute atomic E-state index is 0.0572. The van der Waals surface area contributed by atoms with Crippen LogP contribution in [0.15, 0.2) is 24.3 Å². The van der Waals surface area contributed by atoms with Gasteiger partial charge in [0.25, 0.3) is 5.69 Å². The molecule has 1 aromatic rings. The Balaban J connectivity index is 2.32. The monoisotopic (exact) mass is 287 g/mol. The lowest BCUT2D eigenvalue weighted by atomic mass is 9.94. The Morgan fingerprint density at radius 3 is 2.95 bits per heavy atom. The summed E-state index contributed by atoms with van der Waals surface area (Å²) in [6.45, 7) is 2.08. The van der Waals surface area contributed by atoms with Crippen molar-refractivity contribution in [2.45, 2.75) is 18.9 Å². The SMILES string of the molecule is CCCOC(=O)C1(C#N)C=Cc2cc([N+](=O)[O-])ccc2N1. The summed E-state index contributed by atoms with van der Waals surface area (Å²) in [4.78, 5) is 22.3. The number of benzene rings is 1. The molecular formula is C14H13N3O4. The van der Waals surface area contributed by atoms with Crippen LogP contribution >= 0.6 is 0 Å². The van der Waals surface area contributed by atoms with Gasteiger partial charge >= 0.3 is 5.97 Å². The summed E-state index contributed by atoms with van der Waals surface area (Å²) < 4.78 is 5.02. The first-order chi connectivity index (χ1) is 10.0. The van der Waals surface area contributed by atoms with E-state index in [1.165, 1.54) is 30.4 Å². The topological polar surface area (TPSA) is 105 Å². The van der Waals surface area contributed by atoms with Crippen molar-refractivity contribution in [3.63, 3.8) is 0 Å². The second-order valence-electron chi connectivity index (χ2n) is 4.54. The molecule has 2 rings (SSSR count).